The van der Waals surface area contributed by atoms with Crippen molar-refractivity contribution in [2.45, 2.75) is 31.3 Å². The van der Waals surface area contributed by atoms with Crippen molar-refractivity contribution in [3.63, 3.8) is 0 Å². The molecule has 150 valence electrons. The largest absolute Gasteiger partial charge is 0.508 e. The van der Waals surface area contributed by atoms with Crippen molar-refractivity contribution < 1.29 is 24.2 Å². The number of carbonyl (C=O) groups is 2. The first kappa shape index (κ1) is 21.0. The Morgan fingerprint density at radius 3 is 2.67 bits per heavy atom. The third kappa shape index (κ3) is 6.11. The molecule has 1 fully saturated rings. The number of benzene rings is 1. The van der Waals surface area contributed by atoms with Gasteiger partial charge in [0.25, 0.3) is 5.91 Å². The number of phenolic OH excluding ortho intramolecular Hbond substituents is 1. The molecule has 1 heterocycles. The summed E-state index contributed by atoms with van der Waals surface area (Å²) in [5, 5.41) is 15.4. The molecule has 8 heteroatoms. The highest BCUT2D eigenvalue weighted by molar-refractivity contribution is 5.95. The molecule has 1 saturated heterocycles. The molecule has 1 aliphatic rings. The van der Waals surface area contributed by atoms with Gasteiger partial charge in [0, 0.05) is 50.8 Å². The number of nitrogens with zero attached hydrogens (tertiary/aromatic N) is 1. The van der Waals surface area contributed by atoms with Crippen LogP contribution in [0.2, 0.25) is 0 Å². The molecule has 0 bridgehead atoms. The van der Waals surface area contributed by atoms with E-state index in [2.05, 4.69) is 15.5 Å². The van der Waals surface area contributed by atoms with Gasteiger partial charge in [-0.05, 0) is 32.0 Å². The van der Waals surface area contributed by atoms with Crippen molar-refractivity contribution >= 4 is 11.8 Å². The third-order valence-electron chi connectivity index (χ3n) is 4.89. The summed E-state index contributed by atoms with van der Waals surface area (Å²) in [5.41, 5.74) is 0.338. The van der Waals surface area contributed by atoms with Crippen LogP contribution in [0.1, 0.15) is 29.6 Å². The number of ether oxygens (including phenoxy) is 2. The SMILES string of the molecule is CNC(=O)C[C@H]1CC[C@@H](CNC(=O)c2cc(O)cc(OCCOC)c2)N1C. The van der Waals surface area contributed by atoms with Gasteiger partial charge in [-0.25, -0.2) is 0 Å². The minimum absolute atomic E-state index is 0.0253. The number of likely N-dealkylation sites (tertiary alicyclic amines) is 1. The molecule has 1 aromatic carbocycles. The van der Waals surface area contributed by atoms with Crippen molar-refractivity contribution in [1.29, 1.82) is 0 Å². The van der Waals surface area contributed by atoms with Crippen LogP contribution in [0.4, 0.5) is 0 Å². The standard InChI is InChI=1S/C19H29N3O5/c1-20-18(24)10-14-4-5-15(22(14)2)12-21-19(25)13-8-16(23)11-17(9-13)27-7-6-26-3/h8-9,11,14-15,23H,4-7,10,12H2,1-3H3,(H,20,24)(H,21,25)/t14-,15+/m1/s1. The van der Waals surface area contributed by atoms with Gasteiger partial charge in [-0.1, -0.05) is 0 Å². The van der Waals surface area contributed by atoms with E-state index >= 15 is 0 Å². The minimum atomic E-state index is -0.273. The predicted octanol–water partition coefficient (Wildman–Crippen LogP) is 0.746. The zero-order valence-corrected chi connectivity index (χ0v) is 16.2. The second-order valence-corrected chi connectivity index (χ2v) is 6.69. The first-order chi connectivity index (χ1) is 12.9. The number of hydrogen-bond donors (Lipinski definition) is 3. The average molecular weight is 379 g/mol. The lowest BCUT2D eigenvalue weighted by molar-refractivity contribution is -0.121. The van der Waals surface area contributed by atoms with Gasteiger partial charge in [0.05, 0.1) is 6.61 Å². The topological polar surface area (TPSA) is 100 Å². The summed E-state index contributed by atoms with van der Waals surface area (Å²) in [6.07, 6.45) is 2.31. The van der Waals surface area contributed by atoms with Gasteiger partial charge in [0.2, 0.25) is 5.91 Å². The Bertz CT molecular complexity index is 652. The molecule has 0 radical (unpaired) electrons. The fourth-order valence-electron chi connectivity index (χ4n) is 3.25. The van der Waals surface area contributed by atoms with E-state index in [0.29, 0.717) is 37.5 Å². The molecule has 2 rings (SSSR count). The molecule has 8 nitrogen and oxygen atoms in total. The summed E-state index contributed by atoms with van der Waals surface area (Å²) < 4.78 is 10.4. The lowest BCUT2D eigenvalue weighted by Gasteiger charge is -2.25. The van der Waals surface area contributed by atoms with Gasteiger partial charge < -0.3 is 25.2 Å². The number of phenols is 1. The van der Waals surface area contributed by atoms with E-state index < -0.39 is 0 Å². The van der Waals surface area contributed by atoms with Crippen LogP contribution in [0, 0.1) is 0 Å². The Labute approximate surface area is 159 Å². The van der Waals surface area contributed by atoms with Crippen LogP contribution in [0.5, 0.6) is 11.5 Å². The normalized spacial score (nSPS) is 19.7. The first-order valence-corrected chi connectivity index (χ1v) is 9.11. The number of carbonyl (C=O) groups excluding carboxylic acids is 2. The Kier molecular flexibility index (Phi) is 7.87. The highest BCUT2D eigenvalue weighted by Crippen LogP contribution is 2.25. The summed E-state index contributed by atoms with van der Waals surface area (Å²) >= 11 is 0. The fraction of sp³-hybridized carbons (Fsp3) is 0.579. The highest BCUT2D eigenvalue weighted by atomic mass is 16.5. The first-order valence-electron chi connectivity index (χ1n) is 9.11. The Morgan fingerprint density at radius 1 is 1.22 bits per heavy atom. The molecule has 0 aliphatic carbocycles. The van der Waals surface area contributed by atoms with Crippen molar-refractivity contribution in [2.75, 3.05) is 41.0 Å². The van der Waals surface area contributed by atoms with E-state index in [1.807, 2.05) is 7.05 Å². The van der Waals surface area contributed by atoms with E-state index in [1.165, 1.54) is 12.1 Å². The molecular formula is C19H29N3O5. The smallest absolute Gasteiger partial charge is 0.251 e. The average Bonchev–Trinajstić information content (AvgIpc) is 2.99. The number of hydrogen-bond acceptors (Lipinski definition) is 6. The predicted molar refractivity (Wildman–Crippen MR) is 101 cm³/mol. The van der Waals surface area contributed by atoms with Crippen LogP contribution in [0.25, 0.3) is 0 Å². The van der Waals surface area contributed by atoms with Crippen molar-refractivity contribution in [3.05, 3.63) is 23.8 Å². The third-order valence-corrected chi connectivity index (χ3v) is 4.89. The summed E-state index contributed by atoms with van der Waals surface area (Å²) in [6.45, 7) is 1.23. The van der Waals surface area contributed by atoms with Gasteiger partial charge in [-0.15, -0.1) is 0 Å². The van der Waals surface area contributed by atoms with Crippen LogP contribution in [-0.4, -0.2) is 74.9 Å². The molecule has 0 spiro atoms. The number of likely N-dealkylation sites (N-methyl/N-ethyl adjacent to an activating group) is 1. The second kappa shape index (κ2) is 10.1. The van der Waals surface area contributed by atoms with Crippen LogP contribution in [-0.2, 0) is 9.53 Å². The maximum Gasteiger partial charge on any atom is 0.251 e. The molecule has 0 unspecified atom stereocenters. The lowest BCUT2D eigenvalue weighted by atomic mass is 10.1. The molecule has 3 N–H and O–H groups in total. The van der Waals surface area contributed by atoms with Crippen LogP contribution >= 0.6 is 0 Å². The number of amides is 2. The monoisotopic (exact) mass is 379 g/mol. The van der Waals surface area contributed by atoms with Crippen LogP contribution in [0.15, 0.2) is 18.2 Å². The second-order valence-electron chi connectivity index (χ2n) is 6.69. The van der Waals surface area contributed by atoms with Crippen molar-refractivity contribution in [3.8, 4) is 11.5 Å². The molecule has 0 aromatic heterocycles. The maximum absolute atomic E-state index is 12.5. The van der Waals surface area contributed by atoms with Crippen molar-refractivity contribution in [1.82, 2.24) is 15.5 Å². The van der Waals surface area contributed by atoms with E-state index in [4.69, 9.17) is 9.47 Å². The van der Waals surface area contributed by atoms with E-state index in [9.17, 15) is 14.7 Å². The van der Waals surface area contributed by atoms with Crippen LogP contribution in [0.3, 0.4) is 0 Å². The zero-order chi connectivity index (χ0) is 19.8. The highest BCUT2D eigenvalue weighted by Gasteiger charge is 2.31. The van der Waals surface area contributed by atoms with Crippen LogP contribution < -0.4 is 15.4 Å². The molecule has 1 aliphatic heterocycles. The van der Waals surface area contributed by atoms with Gasteiger partial charge in [0.15, 0.2) is 0 Å². The van der Waals surface area contributed by atoms with Gasteiger partial charge >= 0.3 is 0 Å². The Morgan fingerprint density at radius 2 is 1.96 bits per heavy atom. The molecule has 2 amide bonds. The summed E-state index contributed by atoms with van der Waals surface area (Å²) in [4.78, 5) is 26.2. The van der Waals surface area contributed by atoms with Gasteiger partial charge in [0.1, 0.15) is 18.1 Å². The number of nitrogens with one attached hydrogen (secondary N) is 2. The van der Waals surface area contributed by atoms with E-state index in [1.54, 1.807) is 20.2 Å². The summed E-state index contributed by atoms with van der Waals surface area (Å²) in [7, 11) is 5.19. The van der Waals surface area contributed by atoms with Gasteiger partial charge in [-0.3, -0.25) is 14.5 Å². The number of methoxy groups -OCH3 is 1. The molecule has 2 atom stereocenters. The summed E-state index contributed by atoms with van der Waals surface area (Å²) in [5.74, 6) is 0.141. The van der Waals surface area contributed by atoms with Crippen molar-refractivity contribution in [2.24, 2.45) is 0 Å². The summed E-state index contributed by atoms with van der Waals surface area (Å²) in [6, 6.07) is 4.83. The lowest BCUT2D eigenvalue weighted by Crippen LogP contribution is -2.42. The number of rotatable bonds is 9. The molecule has 1 aromatic rings. The Balaban J connectivity index is 1.89. The fourth-order valence-corrected chi connectivity index (χ4v) is 3.25. The molecule has 27 heavy (non-hydrogen) atoms. The quantitative estimate of drug-likeness (QED) is 0.548. The molecule has 0 saturated carbocycles. The number of aromatic hydroxyl groups is 1. The van der Waals surface area contributed by atoms with E-state index in [0.717, 1.165) is 12.8 Å². The van der Waals surface area contributed by atoms with E-state index in [-0.39, 0.29) is 29.6 Å². The Hall–Kier alpha value is -2.32. The van der Waals surface area contributed by atoms with Gasteiger partial charge in [-0.2, -0.15) is 0 Å². The minimum Gasteiger partial charge on any atom is -0.508 e. The zero-order valence-electron chi connectivity index (χ0n) is 16.2. The molecular weight excluding hydrogens is 350 g/mol. The maximum atomic E-state index is 12.5.